The van der Waals surface area contributed by atoms with Crippen LogP contribution in [0.2, 0.25) is 5.02 Å². The average molecular weight is 470 g/mol. The van der Waals surface area contributed by atoms with E-state index >= 15 is 0 Å². The lowest BCUT2D eigenvalue weighted by molar-refractivity contribution is 0.0944. The zero-order chi connectivity index (χ0) is 23.9. The molecule has 3 aromatic heterocycles. The van der Waals surface area contributed by atoms with Crippen molar-refractivity contribution in [2.75, 3.05) is 6.54 Å². The number of aromatic nitrogens is 3. The molecule has 34 heavy (non-hydrogen) atoms. The number of nitriles is 1. The molecule has 0 spiro atoms. The highest BCUT2D eigenvalue weighted by molar-refractivity contribution is 6.38. The fraction of sp³-hybridized carbons (Fsp3) is 0.259. The van der Waals surface area contributed by atoms with Gasteiger partial charge < -0.3 is 10.3 Å². The molecule has 1 aromatic carbocycles. The second-order valence-corrected chi connectivity index (χ2v) is 9.81. The summed E-state index contributed by atoms with van der Waals surface area (Å²) in [6, 6.07) is 15.6. The molecule has 0 aliphatic heterocycles. The number of nitrogens with zero attached hydrogens (tertiary/aromatic N) is 3. The van der Waals surface area contributed by atoms with Gasteiger partial charge in [-0.25, -0.2) is 4.98 Å². The van der Waals surface area contributed by atoms with Gasteiger partial charge in [-0.3, -0.25) is 9.78 Å². The third-order valence-electron chi connectivity index (χ3n) is 6.10. The van der Waals surface area contributed by atoms with E-state index in [4.69, 9.17) is 16.9 Å². The van der Waals surface area contributed by atoms with Crippen LogP contribution < -0.4 is 5.32 Å². The van der Waals surface area contributed by atoms with Crippen molar-refractivity contribution in [2.45, 2.75) is 32.6 Å². The molecular formula is C27H24ClN5O. The number of nitrogens with one attached hydrogen (secondary N) is 2. The molecule has 4 aromatic rings. The summed E-state index contributed by atoms with van der Waals surface area (Å²) < 4.78 is 0. The average Bonchev–Trinajstić information content (AvgIpc) is 3.66. The monoisotopic (exact) mass is 469 g/mol. The first kappa shape index (κ1) is 22.1. The van der Waals surface area contributed by atoms with Crippen molar-refractivity contribution in [1.29, 1.82) is 5.26 Å². The summed E-state index contributed by atoms with van der Waals surface area (Å²) >= 11 is 6.80. The molecular weight excluding hydrogens is 446 g/mol. The number of H-pyrrole nitrogens is 1. The predicted molar refractivity (Wildman–Crippen MR) is 133 cm³/mol. The number of hydrogen-bond donors (Lipinski definition) is 2. The molecule has 1 aliphatic carbocycles. The van der Waals surface area contributed by atoms with Crippen LogP contribution in [0.25, 0.3) is 33.4 Å². The zero-order valence-electron chi connectivity index (χ0n) is 19.0. The Morgan fingerprint density at radius 2 is 2.00 bits per heavy atom. The first-order valence-corrected chi connectivity index (χ1v) is 11.7. The van der Waals surface area contributed by atoms with Gasteiger partial charge in [-0.1, -0.05) is 23.7 Å². The van der Waals surface area contributed by atoms with Crippen LogP contribution in [0.3, 0.4) is 0 Å². The number of aromatic amines is 1. The van der Waals surface area contributed by atoms with Crippen LogP contribution in [0.1, 0.15) is 48.7 Å². The second-order valence-electron chi connectivity index (χ2n) is 9.44. The smallest absolute Gasteiger partial charge is 0.251 e. The first-order chi connectivity index (χ1) is 16.3. The van der Waals surface area contributed by atoms with Crippen molar-refractivity contribution in [3.05, 3.63) is 71.1 Å². The van der Waals surface area contributed by atoms with Crippen molar-refractivity contribution in [1.82, 2.24) is 20.3 Å². The largest absolute Gasteiger partial charge is 0.350 e. The Labute approximate surface area is 203 Å². The minimum absolute atomic E-state index is 0.217. The van der Waals surface area contributed by atoms with E-state index in [1.807, 2.05) is 36.5 Å². The highest BCUT2D eigenvalue weighted by Gasteiger charge is 2.25. The fourth-order valence-electron chi connectivity index (χ4n) is 3.89. The summed E-state index contributed by atoms with van der Waals surface area (Å²) in [6.45, 7) is 3.86. The summed E-state index contributed by atoms with van der Waals surface area (Å²) in [7, 11) is 0. The third kappa shape index (κ3) is 4.40. The van der Waals surface area contributed by atoms with Crippen LogP contribution in [0.4, 0.5) is 0 Å². The molecule has 7 heteroatoms. The third-order valence-corrected chi connectivity index (χ3v) is 6.50. The van der Waals surface area contributed by atoms with Gasteiger partial charge in [0.05, 0.1) is 22.2 Å². The molecule has 1 amide bonds. The van der Waals surface area contributed by atoms with Crippen molar-refractivity contribution >= 4 is 28.5 Å². The number of rotatable bonds is 6. The SMILES string of the molecule is CC(C)(C#N)CNC(=O)c1cccc(-c2cnc3[nH]c(-c4ccnc(C5CC5)c4)c(Cl)c3c2)c1. The maximum atomic E-state index is 12.6. The van der Waals surface area contributed by atoms with Gasteiger partial charge in [0.25, 0.3) is 5.91 Å². The number of fused-ring (bicyclic) bond motifs is 1. The molecule has 5 rings (SSSR count). The predicted octanol–water partition coefficient (Wildman–Crippen LogP) is 6.10. The Morgan fingerprint density at radius 3 is 2.76 bits per heavy atom. The summed E-state index contributed by atoms with van der Waals surface area (Å²) in [6.07, 6.45) is 5.98. The maximum absolute atomic E-state index is 12.6. The van der Waals surface area contributed by atoms with Crippen molar-refractivity contribution in [3.63, 3.8) is 0 Å². The normalized spacial score (nSPS) is 13.6. The van der Waals surface area contributed by atoms with E-state index in [2.05, 4.69) is 32.4 Å². The zero-order valence-corrected chi connectivity index (χ0v) is 19.8. The first-order valence-electron chi connectivity index (χ1n) is 11.3. The topological polar surface area (TPSA) is 94.5 Å². The Morgan fingerprint density at radius 1 is 1.18 bits per heavy atom. The minimum Gasteiger partial charge on any atom is -0.350 e. The maximum Gasteiger partial charge on any atom is 0.251 e. The number of hydrogen-bond acceptors (Lipinski definition) is 4. The molecule has 3 heterocycles. The van der Waals surface area contributed by atoms with Gasteiger partial charge >= 0.3 is 0 Å². The molecule has 0 radical (unpaired) electrons. The molecule has 6 nitrogen and oxygen atoms in total. The van der Waals surface area contributed by atoms with E-state index in [9.17, 15) is 4.79 Å². The van der Waals surface area contributed by atoms with E-state index in [1.54, 1.807) is 26.1 Å². The highest BCUT2D eigenvalue weighted by Crippen LogP contribution is 2.41. The number of halogens is 1. The Hall–Kier alpha value is -3.69. The molecule has 0 atom stereocenters. The van der Waals surface area contributed by atoms with Crippen molar-refractivity contribution in [3.8, 4) is 28.5 Å². The summed E-state index contributed by atoms with van der Waals surface area (Å²) in [5.41, 5.74) is 5.27. The number of amides is 1. The van der Waals surface area contributed by atoms with Crippen LogP contribution in [-0.2, 0) is 0 Å². The van der Waals surface area contributed by atoms with E-state index in [1.165, 1.54) is 12.8 Å². The number of carbonyl (C=O) groups is 1. The van der Waals surface area contributed by atoms with Crippen molar-refractivity contribution in [2.24, 2.45) is 5.41 Å². The molecule has 1 fully saturated rings. The molecule has 0 unspecified atom stereocenters. The van der Waals surface area contributed by atoms with E-state index < -0.39 is 5.41 Å². The molecule has 1 aliphatic rings. The number of pyridine rings is 2. The lowest BCUT2D eigenvalue weighted by Crippen LogP contribution is -2.33. The van der Waals surface area contributed by atoms with Gasteiger partial charge in [0, 0.05) is 52.6 Å². The lowest BCUT2D eigenvalue weighted by Gasteiger charge is -2.16. The highest BCUT2D eigenvalue weighted by atomic mass is 35.5. The molecule has 0 saturated heterocycles. The van der Waals surface area contributed by atoms with E-state index in [0.29, 0.717) is 22.2 Å². The molecule has 2 N–H and O–H groups in total. The van der Waals surface area contributed by atoms with Crippen LogP contribution in [0, 0.1) is 16.7 Å². The Kier molecular flexibility index (Phi) is 5.59. The number of carbonyl (C=O) groups excluding carboxylic acids is 1. The quantitative estimate of drug-likeness (QED) is 0.356. The van der Waals surface area contributed by atoms with Crippen LogP contribution in [0.5, 0.6) is 0 Å². The summed E-state index contributed by atoms with van der Waals surface area (Å²) in [5.74, 6) is 0.341. The van der Waals surface area contributed by atoms with E-state index in [-0.39, 0.29) is 12.5 Å². The van der Waals surface area contributed by atoms with Crippen LogP contribution >= 0.6 is 11.6 Å². The fourth-order valence-corrected chi connectivity index (χ4v) is 4.19. The molecule has 170 valence electrons. The van der Waals surface area contributed by atoms with E-state index in [0.717, 1.165) is 33.5 Å². The molecule has 1 saturated carbocycles. The van der Waals surface area contributed by atoms with Gasteiger partial charge in [0.2, 0.25) is 0 Å². The number of benzene rings is 1. The van der Waals surface area contributed by atoms with Gasteiger partial charge in [0.15, 0.2) is 0 Å². The van der Waals surface area contributed by atoms with Gasteiger partial charge in [-0.2, -0.15) is 5.26 Å². The standard InChI is InChI=1S/C27H24ClN5O/c1-27(2,14-29)15-32-26(34)19-5-3-4-17(10-19)20-11-21-23(28)24(33-25(21)31-13-20)18-8-9-30-22(12-18)16-6-7-16/h3-5,8-13,16H,6-7,15H2,1-2H3,(H,31,33)(H,32,34). The van der Waals surface area contributed by atoms with Gasteiger partial charge in [-0.05, 0) is 62.6 Å². The summed E-state index contributed by atoms with van der Waals surface area (Å²) in [4.78, 5) is 25.1. The molecule has 0 bridgehead atoms. The lowest BCUT2D eigenvalue weighted by atomic mass is 9.96. The van der Waals surface area contributed by atoms with Gasteiger partial charge in [-0.15, -0.1) is 0 Å². The summed E-state index contributed by atoms with van der Waals surface area (Å²) in [5, 5.41) is 13.4. The Bertz CT molecular complexity index is 1450. The Balaban J connectivity index is 1.44. The van der Waals surface area contributed by atoms with Crippen LogP contribution in [0.15, 0.2) is 54.9 Å². The second kappa shape index (κ2) is 8.58. The van der Waals surface area contributed by atoms with Crippen molar-refractivity contribution < 1.29 is 4.79 Å². The van der Waals surface area contributed by atoms with Crippen LogP contribution in [-0.4, -0.2) is 27.4 Å². The minimum atomic E-state index is -0.626. The van der Waals surface area contributed by atoms with Gasteiger partial charge in [0.1, 0.15) is 5.65 Å².